The normalized spacial score (nSPS) is 10.2. The first kappa shape index (κ1) is 11.5. The lowest BCUT2D eigenvalue weighted by Crippen LogP contribution is -1.93. The molecule has 6 heteroatoms. The van der Waals surface area contributed by atoms with E-state index in [4.69, 9.17) is 0 Å². The number of nitro groups is 1. The number of hydrogen-bond donors (Lipinski definition) is 0. The molecule has 0 unspecified atom stereocenters. The van der Waals surface area contributed by atoms with Crippen molar-refractivity contribution >= 4 is 17.4 Å². The van der Waals surface area contributed by atoms with Crippen LogP contribution in [0.2, 0.25) is 0 Å². The van der Waals surface area contributed by atoms with E-state index in [-0.39, 0.29) is 5.69 Å². The molecular weight excluding hydrogens is 238 g/mol. The predicted octanol–water partition coefficient (Wildman–Crippen LogP) is 2.84. The summed E-state index contributed by atoms with van der Waals surface area (Å²) in [6, 6.07) is 6.72. The van der Waals surface area contributed by atoms with Gasteiger partial charge in [-0.25, -0.2) is 9.97 Å². The molecule has 5 nitrogen and oxygen atoms in total. The van der Waals surface area contributed by atoms with Crippen LogP contribution in [0.15, 0.2) is 46.7 Å². The number of aryl methyl sites for hydroxylation is 1. The molecule has 0 bridgehead atoms. The van der Waals surface area contributed by atoms with Gasteiger partial charge >= 0.3 is 5.69 Å². The second-order valence-electron chi connectivity index (χ2n) is 3.31. The lowest BCUT2D eigenvalue weighted by atomic mass is 10.3. The van der Waals surface area contributed by atoms with E-state index >= 15 is 0 Å². The zero-order valence-corrected chi connectivity index (χ0v) is 9.85. The fraction of sp³-hybridized carbons (Fsp3) is 0.0909. The molecule has 0 fully saturated rings. The van der Waals surface area contributed by atoms with Crippen molar-refractivity contribution in [3.05, 3.63) is 52.3 Å². The van der Waals surface area contributed by atoms with Gasteiger partial charge in [0.25, 0.3) is 0 Å². The summed E-state index contributed by atoms with van der Waals surface area (Å²) >= 11 is 1.21. The Morgan fingerprint density at radius 2 is 1.82 bits per heavy atom. The van der Waals surface area contributed by atoms with Crippen molar-refractivity contribution in [2.24, 2.45) is 0 Å². The Bertz CT molecular complexity index is 560. The maximum atomic E-state index is 10.8. The minimum absolute atomic E-state index is 0.00236. The molecule has 0 radical (unpaired) electrons. The van der Waals surface area contributed by atoms with Crippen LogP contribution in [0, 0.1) is 17.0 Å². The van der Waals surface area contributed by atoms with Crippen LogP contribution in [0.1, 0.15) is 5.56 Å². The third kappa shape index (κ3) is 2.59. The summed E-state index contributed by atoms with van der Waals surface area (Å²) in [5.41, 5.74) is 0.972. The minimum atomic E-state index is -0.437. The van der Waals surface area contributed by atoms with E-state index in [1.165, 1.54) is 24.0 Å². The quantitative estimate of drug-likeness (QED) is 0.616. The molecule has 0 aliphatic rings. The van der Waals surface area contributed by atoms with Gasteiger partial charge in [0.15, 0.2) is 5.03 Å². The Hall–Kier alpha value is -1.95. The molecule has 17 heavy (non-hydrogen) atoms. The molecule has 0 N–H and O–H groups in total. The number of nitrogens with zero attached hydrogens (tertiary/aromatic N) is 3. The van der Waals surface area contributed by atoms with E-state index in [1.54, 1.807) is 12.3 Å². The van der Waals surface area contributed by atoms with Crippen LogP contribution in [0.25, 0.3) is 0 Å². The van der Waals surface area contributed by atoms with Gasteiger partial charge in [-0.15, -0.1) is 0 Å². The van der Waals surface area contributed by atoms with Crippen LogP contribution >= 0.6 is 11.8 Å². The minimum Gasteiger partial charge on any atom is -0.258 e. The highest BCUT2D eigenvalue weighted by Crippen LogP contribution is 2.32. The van der Waals surface area contributed by atoms with Gasteiger partial charge in [-0.05, 0) is 36.4 Å². The van der Waals surface area contributed by atoms with Crippen LogP contribution in [0.5, 0.6) is 0 Å². The zero-order chi connectivity index (χ0) is 12.3. The van der Waals surface area contributed by atoms with Crippen molar-refractivity contribution in [1.29, 1.82) is 0 Å². The monoisotopic (exact) mass is 247 g/mol. The summed E-state index contributed by atoms with van der Waals surface area (Å²) in [6.45, 7) is 1.91. The van der Waals surface area contributed by atoms with Crippen molar-refractivity contribution in [3.63, 3.8) is 0 Å². The van der Waals surface area contributed by atoms with Gasteiger partial charge in [-0.3, -0.25) is 10.1 Å². The van der Waals surface area contributed by atoms with Crippen molar-refractivity contribution in [2.75, 3.05) is 0 Å². The van der Waals surface area contributed by atoms with E-state index in [0.717, 1.165) is 10.6 Å². The Balaban J connectivity index is 2.37. The molecule has 0 aliphatic carbocycles. The smallest absolute Gasteiger partial charge is 0.258 e. The fourth-order valence-corrected chi connectivity index (χ4v) is 2.16. The van der Waals surface area contributed by atoms with Crippen molar-refractivity contribution in [1.82, 2.24) is 9.97 Å². The summed E-state index contributed by atoms with van der Waals surface area (Å²) in [7, 11) is 0. The second kappa shape index (κ2) is 4.92. The van der Waals surface area contributed by atoms with Crippen molar-refractivity contribution in [3.8, 4) is 0 Å². The molecule has 2 aromatic heterocycles. The fourth-order valence-electron chi connectivity index (χ4n) is 1.27. The first-order valence-corrected chi connectivity index (χ1v) is 5.69. The first-order chi connectivity index (χ1) is 8.18. The van der Waals surface area contributed by atoms with Gasteiger partial charge in [0.1, 0.15) is 5.03 Å². The first-order valence-electron chi connectivity index (χ1n) is 4.87. The van der Waals surface area contributed by atoms with Crippen molar-refractivity contribution in [2.45, 2.75) is 17.0 Å². The van der Waals surface area contributed by atoms with Gasteiger partial charge in [0.2, 0.25) is 0 Å². The van der Waals surface area contributed by atoms with Gasteiger partial charge in [0.05, 0.1) is 4.92 Å². The van der Waals surface area contributed by atoms with E-state index in [1.807, 2.05) is 19.1 Å². The standard InChI is InChI=1S/C11H9N3O2S/c1-8-4-2-6-12-10(8)17-11-9(14(15)16)5-3-7-13-11/h2-7H,1H3. The van der Waals surface area contributed by atoms with Crippen LogP contribution < -0.4 is 0 Å². The molecule has 86 valence electrons. The van der Waals surface area contributed by atoms with Crippen LogP contribution in [-0.4, -0.2) is 14.9 Å². The molecule has 0 spiro atoms. The Morgan fingerprint density at radius 3 is 2.47 bits per heavy atom. The molecule has 0 saturated heterocycles. The number of hydrogen-bond acceptors (Lipinski definition) is 5. The van der Waals surface area contributed by atoms with E-state index in [2.05, 4.69) is 9.97 Å². The lowest BCUT2D eigenvalue weighted by Gasteiger charge is -2.03. The second-order valence-corrected chi connectivity index (χ2v) is 4.29. The van der Waals surface area contributed by atoms with Gasteiger partial charge in [-0.2, -0.15) is 0 Å². The molecule has 2 rings (SSSR count). The third-order valence-electron chi connectivity index (χ3n) is 2.10. The van der Waals surface area contributed by atoms with Crippen molar-refractivity contribution < 1.29 is 4.92 Å². The number of rotatable bonds is 3. The summed E-state index contributed by atoms with van der Waals surface area (Å²) in [6.07, 6.45) is 3.19. The van der Waals surface area contributed by atoms with E-state index < -0.39 is 4.92 Å². The highest BCUT2D eigenvalue weighted by atomic mass is 32.2. The Morgan fingerprint density at radius 1 is 1.18 bits per heavy atom. The Kier molecular flexibility index (Phi) is 3.34. The average Bonchev–Trinajstić information content (AvgIpc) is 2.32. The maximum absolute atomic E-state index is 10.8. The third-order valence-corrected chi connectivity index (χ3v) is 3.23. The summed E-state index contributed by atoms with van der Waals surface area (Å²) in [5, 5.41) is 11.9. The van der Waals surface area contributed by atoms with Gasteiger partial charge < -0.3 is 0 Å². The zero-order valence-electron chi connectivity index (χ0n) is 9.03. The van der Waals surface area contributed by atoms with Crippen LogP contribution in [0.4, 0.5) is 5.69 Å². The molecule has 0 atom stereocenters. The van der Waals surface area contributed by atoms with Gasteiger partial charge in [-0.1, -0.05) is 6.07 Å². The highest BCUT2D eigenvalue weighted by Gasteiger charge is 2.16. The molecule has 2 heterocycles. The SMILES string of the molecule is Cc1cccnc1Sc1ncccc1[N+](=O)[O-]. The van der Waals surface area contributed by atoms with E-state index in [0.29, 0.717) is 5.03 Å². The van der Waals surface area contributed by atoms with Crippen LogP contribution in [-0.2, 0) is 0 Å². The van der Waals surface area contributed by atoms with Crippen LogP contribution in [0.3, 0.4) is 0 Å². The molecule has 0 aliphatic heterocycles. The summed E-state index contributed by atoms with van der Waals surface area (Å²) < 4.78 is 0. The largest absolute Gasteiger partial charge is 0.301 e. The summed E-state index contributed by atoms with van der Waals surface area (Å²) in [4.78, 5) is 18.6. The van der Waals surface area contributed by atoms with E-state index in [9.17, 15) is 10.1 Å². The molecule has 0 amide bonds. The summed E-state index contributed by atoms with van der Waals surface area (Å²) in [5.74, 6) is 0. The number of aromatic nitrogens is 2. The molecular formula is C11H9N3O2S. The highest BCUT2D eigenvalue weighted by molar-refractivity contribution is 7.99. The predicted molar refractivity (Wildman–Crippen MR) is 64.0 cm³/mol. The Labute approximate surface area is 102 Å². The topological polar surface area (TPSA) is 68.9 Å². The lowest BCUT2D eigenvalue weighted by molar-refractivity contribution is -0.388. The maximum Gasteiger partial charge on any atom is 0.301 e. The molecule has 0 saturated carbocycles. The van der Waals surface area contributed by atoms with Gasteiger partial charge in [0, 0.05) is 18.5 Å². The number of pyridine rings is 2. The average molecular weight is 247 g/mol. The molecule has 2 aromatic rings. The molecule has 0 aromatic carbocycles.